The van der Waals surface area contributed by atoms with Crippen molar-refractivity contribution in [3.8, 4) is 16.9 Å². The molecule has 0 unspecified atom stereocenters. The van der Waals surface area contributed by atoms with E-state index in [0.29, 0.717) is 5.56 Å². The molecule has 0 amide bonds. The molecule has 120 valence electrons. The molecule has 0 aromatic heterocycles. The van der Waals surface area contributed by atoms with E-state index >= 15 is 0 Å². The summed E-state index contributed by atoms with van der Waals surface area (Å²) in [5, 5.41) is 0.0417. The molecule has 0 atom stereocenters. The standard InChI is InChI=1S/C19H11F3OS/c20-16-10-15(11-17(21)18(16)22)23-19(24)14-8-6-13(7-9-14)12-4-2-1-3-5-12/h1-11H. The molecule has 0 aliphatic heterocycles. The molecule has 0 radical (unpaired) electrons. The first-order valence-corrected chi connectivity index (χ1v) is 7.47. The van der Waals surface area contributed by atoms with Crippen molar-refractivity contribution in [1.29, 1.82) is 0 Å². The molecule has 0 aliphatic rings. The minimum Gasteiger partial charge on any atom is -0.445 e. The SMILES string of the molecule is Fc1cc(OC(=S)c2ccc(-c3ccccc3)cc2)cc(F)c1F. The highest BCUT2D eigenvalue weighted by Gasteiger charge is 2.13. The van der Waals surface area contributed by atoms with Gasteiger partial charge in [-0.05, 0) is 35.5 Å². The van der Waals surface area contributed by atoms with Gasteiger partial charge >= 0.3 is 0 Å². The molecule has 3 aromatic carbocycles. The Morgan fingerprint density at radius 1 is 0.750 bits per heavy atom. The lowest BCUT2D eigenvalue weighted by Gasteiger charge is -2.09. The van der Waals surface area contributed by atoms with Gasteiger partial charge in [-0.3, -0.25) is 0 Å². The van der Waals surface area contributed by atoms with Gasteiger partial charge in [0.05, 0.1) is 0 Å². The number of hydrogen-bond donors (Lipinski definition) is 0. The monoisotopic (exact) mass is 344 g/mol. The highest BCUT2D eigenvalue weighted by Crippen LogP contribution is 2.22. The van der Waals surface area contributed by atoms with Crippen LogP contribution in [-0.2, 0) is 0 Å². The number of ether oxygens (including phenoxy) is 1. The van der Waals surface area contributed by atoms with Crippen LogP contribution in [0.15, 0.2) is 66.7 Å². The van der Waals surface area contributed by atoms with Gasteiger partial charge in [0.2, 0.25) is 0 Å². The summed E-state index contributed by atoms with van der Waals surface area (Å²) in [6.45, 7) is 0. The Balaban J connectivity index is 1.78. The van der Waals surface area contributed by atoms with E-state index < -0.39 is 17.5 Å². The summed E-state index contributed by atoms with van der Waals surface area (Å²) in [4.78, 5) is 0. The molecular weight excluding hydrogens is 333 g/mol. The largest absolute Gasteiger partial charge is 0.445 e. The number of hydrogen-bond acceptors (Lipinski definition) is 2. The van der Waals surface area contributed by atoms with E-state index in [1.807, 2.05) is 42.5 Å². The van der Waals surface area contributed by atoms with Gasteiger partial charge in [0, 0.05) is 17.7 Å². The van der Waals surface area contributed by atoms with Crippen LogP contribution < -0.4 is 4.74 Å². The summed E-state index contributed by atoms with van der Waals surface area (Å²) in [5.74, 6) is -4.39. The van der Waals surface area contributed by atoms with Gasteiger partial charge in [0.15, 0.2) is 22.5 Å². The third kappa shape index (κ3) is 3.46. The van der Waals surface area contributed by atoms with Gasteiger partial charge in [-0.2, -0.15) is 0 Å². The molecule has 0 saturated carbocycles. The van der Waals surface area contributed by atoms with E-state index in [-0.39, 0.29) is 10.8 Å². The molecular formula is C19H11F3OS. The molecule has 3 aromatic rings. The Hall–Kier alpha value is -2.66. The second-order valence-electron chi connectivity index (χ2n) is 5.03. The minimum atomic E-state index is -1.54. The van der Waals surface area contributed by atoms with Gasteiger partial charge in [0.25, 0.3) is 0 Å². The summed E-state index contributed by atoms with van der Waals surface area (Å²) < 4.78 is 44.6. The van der Waals surface area contributed by atoms with Gasteiger partial charge in [-0.1, -0.05) is 42.5 Å². The Bertz CT molecular complexity index is 854. The van der Waals surface area contributed by atoms with Crippen LogP contribution in [0.5, 0.6) is 5.75 Å². The van der Waals surface area contributed by atoms with E-state index in [2.05, 4.69) is 0 Å². The minimum absolute atomic E-state index is 0.0417. The zero-order valence-corrected chi connectivity index (χ0v) is 13.1. The van der Waals surface area contributed by atoms with Crippen LogP contribution in [0.4, 0.5) is 13.2 Å². The zero-order chi connectivity index (χ0) is 17.1. The van der Waals surface area contributed by atoms with Crippen LogP contribution in [0.3, 0.4) is 0 Å². The fraction of sp³-hybridized carbons (Fsp3) is 0. The van der Waals surface area contributed by atoms with Gasteiger partial charge in [-0.15, -0.1) is 0 Å². The average Bonchev–Trinajstić information content (AvgIpc) is 2.60. The first kappa shape index (κ1) is 16.2. The Kier molecular flexibility index (Phi) is 4.62. The molecule has 0 N–H and O–H groups in total. The van der Waals surface area contributed by atoms with Crippen molar-refractivity contribution < 1.29 is 17.9 Å². The van der Waals surface area contributed by atoms with E-state index in [1.54, 1.807) is 12.1 Å². The van der Waals surface area contributed by atoms with Crippen LogP contribution >= 0.6 is 12.2 Å². The van der Waals surface area contributed by atoms with Crippen LogP contribution in [0.1, 0.15) is 5.56 Å². The summed E-state index contributed by atoms with van der Waals surface area (Å²) >= 11 is 5.12. The molecule has 24 heavy (non-hydrogen) atoms. The smallest absolute Gasteiger partial charge is 0.198 e. The first-order valence-electron chi connectivity index (χ1n) is 7.07. The predicted octanol–water partition coefficient (Wildman–Crippen LogP) is 5.53. The van der Waals surface area contributed by atoms with Crippen molar-refractivity contribution in [3.05, 3.63) is 89.7 Å². The second-order valence-corrected chi connectivity index (χ2v) is 5.40. The lowest BCUT2D eigenvalue weighted by Crippen LogP contribution is -2.08. The highest BCUT2D eigenvalue weighted by molar-refractivity contribution is 7.80. The van der Waals surface area contributed by atoms with Crippen LogP contribution in [0.2, 0.25) is 0 Å². The summed E-state index contributed by atoms with van der Waals surface area (Å²) in [7, 11) is 0. The summed E-state index contributed by atoms with van der Waals surface area (Å²) in [6, 6.07) is 18.5. The van der Waals surface area contributed by atoms with Crippen LogP contribution in [0.25, 0.3) is 11.1 Å². The maximum absolute atomic E-state index is 13.2. The van der Waals surface area contributed by atoms with Gasteiger partial charge in [-0.25, -0.2) is 13.2 Å². The Morgan fingerprint density at radius 2 is 1.29 bits per heavy atom. The number of benzene rings is 3. The first-order chi connectivity index (χ1) is 11.5. The summed E-state index contributed by atoms with van der Waals surface area (Å²) in [5.41, 5.74) is 2.63. The average molecular weight is 344 g/mol. The predicted molar refractivity (Wildman–Crippen MR) is 90.5 cm³/mol. The third-order valence-electron chi connectivity index (χ3n) is 3.40. The lowest BCUT2D eigenvalue weighted by atomic mass is 10.0. The molecule has 0 saturated heterocycles. The molecule has 0 bridgehead atoms. The second kappa shape index (κ2) is 6.84. The third-order valence-corrected chi connectivity index (χ3v) is 3.71. The normalized spacial score (nSPS) is 10.5. The lowest BCUT2D eigenvalue weighted by molar-refractivity contribution is 0.436. The van der Waals surface area contributed by atoms with E-state index in [4.69, 9.17) is 17.0 Å². The van der Waals surface area contributed by atoms with Gasteiger partial charge in [0.1, 0.15) is 5.75 Å². The molecule has 5 heteroatoms. The fourth-order valence-electron chi connectivity index (χ4n) is 2.19. The van der Waals surface area contributed by atoms with Crippen molar-refractivity contribution in [2.75, 3.05) is 0 Å². The molecule has 1 nitrogen and oxygen atoms in total. The Morgan fingerprint density at radius 3 is 1.88 bits per heavy atom. The van der Waals surface area contributed by atoms with Gasteiger partial charge < -0.3 is 4.74 Å². The van der Waals surface area contributed by atoms with E-state index in [9.17, 15) is 13.2 Å². The fourth-order valence-corrected chi connectivity index (χ4v) is 2.42. The number of rotatable bonds is 3. The molecule has 0 spiro atoms. The van der Waals surface area contributed by atoms with Crippen molar-refractivity contribution in [2.24, 2.45) is 0 Å². The molecule has 0 aliphatic carbocycles. The molecule has 0 fully saturated rings. The van der Waals surface area contributed by atoms with Crippen LogP contribution in [0, 0.1) is 17.5 Å². The van der Waals surface area contributed by atoms with Crippen molar-refractivity contribution in [1.82, 2.24) is 0 Å². The maximum atomic E-state index is 13.2. The topological polar surface area (TPSA) is 9.23 Å². The van der Waals surface area contributed by atoms with Crippen LogP contribution in [-0.4, -0.2) is 5.05 Å². The number of thiocarbonyl (C=S) groups is 1. The Labute approximate surface area is 142 Å². The summed E-state index contributed by atoms with van der Waals surface area (Å²) in [6.07, 6.45) is 0. The van der Waals surface area contributed by atoms with E-state index in [1.165, 1.54) is 0 Å². The van der Waals surface area contributed by atoms with Crippen molar-refractivity contribution in [2.45, 2.75) is 0 Å². The molecule has 0 heterocycles. The number of halogens is 3. The highest BCUT2D eigenvalue weighted by atomic mass is 32.1. The van der Waals surface area contributed by atoms with E-state index in [0.717, 1.165) is 23.3 Å². The van der Waals surface area contributed by atoms with Crippen molar-refractivity contribution in [3.63, 3.8) is 0 Å². The zero-order valence-electron chi connectivity index (χ0n) is 12.3. The molecule has 3 rings (SSSR count). The maximum Gasteiger partial charge on any atom is 0.198 e. The van der Waals surface area contributed by atoms with Crippen molar-refractivity contribution >= 4 is 17.3 Å². The quantitative estimate of drug-likeness (QED) is 0.457.